The van der Waals surface area contributed by atoms with Gasteiger partial charge in [-0.2, -0.15) is 0 Å². The number of halogens is 1. The molecule has 0 aromatic heterocycles. The number of nitrogens with one attached hydrogen (secondary N) is 1. The summed E-state index contributed by atoms with van der Waals surface area (Å²) in [7, 11) is 0. The second-order valence-electron chi connectivity index (χ2n) is 5.20. The Morgan fingerprint density at radius 2 is 1.81 bits per heavy atom. The van der Waals surface area contributed by atoms with E-state index in [1.807, 2.05) is 46.8 Å². The molecule has 0 aliphatic carbocycles. The van der Waals surface area contributed by atoms with Crippen LogP contribution in [0.2, 0.25) is 0 Å². The van der Waals surface area contributed by atoms with Gasteiger partial charge in [0.25, 0.3) is 0 Å². The first-order valence-electron chi connectivity index (χ1n) is 6.85. The number of rotatable bonds is 3. The minimum atomic E-state index is -0.370. The van der Waals surface area contributed by atoms with E-state index >= 15 is 0 Å². The quantitative estimate of drug-likeness (QED) is 0.601. The monoisotopic (exact) mass is 287 g/mol. The zero-order valence-corrected chi connectivity index (χ0v) is 13.5. The highest BCUT2D eigenvalue weighted by Gasteiger charge is 2.13. The van der Waals surface area contributed by atoms with Crippen LogP contribution in [-0.4, -0.2) is 17.3 Å². The van der Waals surface area contributed by atoms with E-state index in [0.29, 0.717) is 17.0 Å². The van der Waals surface area contributed by atoms with Crippen LogP contribution in [0.4, 0.5) is 10.1 Å². The van der Waals surface area contributed by atoms with Gasteiger partial charge in [0.15, 0.2) is 0 Å². The Bertz CT molecular complexity index is 625. The highest BCUT2D eigenvalue weighted by atomic mass is 19.1. The van der Waals surface area contributed by atoms with Gasteiger partial charge in [-0.25, -0.2) is 9.38 Å². The number of nitrogens with zero attached hydrogens (tertiary/aromatic N) is 2. The molecule has 3 nitrogen and oxygen atoms in total. The molecule has 1 aromatic carbocycles. The lowest BCUT2D eigenvalue weighted by atomic mass is 10.00. The van der Waals surface area contributed by atoms with Crippen molar-refractivity contribution in [2.75, 3.05) is 0 Å². The average Bonchev–Trinajstić information content (AvgIpc) is 2.38. The Morgan fingerprint density at radius 3 is 2.24 bits per heavy atom. The first kappa shape index (κ1) is 17.0. The van der Waals surface area contributed by atoms with Gasteiger partial charge in [-0.15, -0.1) is 0 Å². The minimum Gasteiger partial charge on any atom is -0.287 e. The summed E-state index contributed by atoms with van der Waals surface area (Å²) >= 11 is 0. The van der Waals surface area contributed by atoms with Crippen molar-refractivity contribution < 1.29 is 4.39 Å². The molecule has 0 radical (unpaired) electrons. The Morgan fingerprint density at radius 1 is 1.19 bits per heavy atom. The van der Waals surface area contributed by atoms with Gasteiger partial charge in [-0.3, -0.25) is 10.4 Å². The summed E-state index contributed by atoms with van der Waals surface area (Å²) in [5.41, 5.74) is 4.12. The van der Waals surface area contributed by atoms with Crippen molar-refractivity contribution in [3.8, 4) is 0 Å². The topological polar surface area (TPSA) is 48.6 Å². The summed E-state index contributed by atoms with van der Waals surface area (Å²) < 4.78 is 14.3. The first-order valence-corrected chi connectivity index (χ1v) is 6.85. The molecular formula is C17H22FN3. The van der Waals surface area contributed by atoms with Gasteiger partial charge in [0.1, 0.15) is 17.3 Å². The summed E-state index contributed by atoms with van der Waals surface area (Å²) in [5, 5.41) is 7.55. The van der Waals surface area contributed by atoms with Crippen LogP contribution in [0.25, 0.3) is 0 Å². The molecule has 0 heterocycles. The SMILES string of the molecule is C/C=C(/C)C(=NC(C)=N)c1cc(C)c(N=C(C)C)c(F)c1. The maximum absolute atomic E-state index is 14.3. The standard InChI is InChI=1S/C17H22FN3/c1-7-11(4)16(21-13(6)19)14-8-12(5)17(15(18)9-14)20-10(2)3/h7-9,19H,1-6H3/b11-7-,19-13?,21-16?. The van der Waals surface area contributed by atoms with Gasteiger partial charge < -0.3 is 0 Å². The van der Waals surface area contributed by atoms with E-state index in [9.17, 15) is 4.39 Å². The fourth-order valence-corrected chi connectivity index (χ4v) is 1.92. The van der Waals surface area contributed by atoms with E-state index in [4.69, 9.17) is 5.41 Å². The summed E-state index contributed by atoms with van der Waals surface area (Å²) in [6, 6.07) is 3.29. The van der Waals surface area contributed by atoms with Gasteiger partial charge in [-0.1, -0.05) is 6.08 Å². The maximum Gasteiger partial charge on any atom is 0.149 e. The van der Waals surface area contributed by atoms with E-state index in [0.717, 1.165) is 16.8 Å². The van der Waals surface area contributed by atoms with Crippen LogP contribution in [0.3, 0.4) is 0 Å². The van der Waals surface area contributed by atoms with Gasteiger partial charge in [0.2, 0.25) is 0 Å². The average molecular weight is 287 g/mol. The zero-order chi connectivity index (χ0) is 16.2. The van der Waals surface area contributed by atoms with Crippen molar-refractivity contribution >= 4 is 22.9 Å². The molecule has 1 rings (SSSR count). The van der Waals surface area contributed by atoms with Gasteiger partial charge in [0, 0.05) is 11.3 Å². The van der Waals surface area contributed by atoms with Gasteiger partial charge in [0.05, 0.1) is 5.71 Å². The summed E-state index contributed by atoms with van der Waals surface area (Å²) in [6.07, 6.45) is 1.90. The van der Waals surface area contributed by atoms with Crippen molar-refractivity contribution in [3.05, 3.63) is 40.7 Å². The third-order valence-electron chi connectivity index (χ3n) is 2.95. The van der Waals surface area contributed by atoms with Crippen LogP contribution in [0.15, 0.2) is 33.8 Å². The molecule has 1 aromatic rings. The first-order chi connectivity index (χ1) is 9.76. The lowest BCUT2D eigenvalue weighted by Crippen LogP contribution is -2.06. The molecule has 4 heteroatoms. The molecule has 112 valence electrons. The molecule has 0 saturated heterocycles. The number of amidine groups is 1. The number of aryl methyl sites for hydroxylation is 1. The molecular weight excluding hydrogens is 265 g/mol. The predicted octanol–water partition coefficient (Wildman–Crippen LogP) is 5.00. The van der Waals surface area contributed by atoms with Crippen LogP contribution < -0.4 is 0 Å². The molecule has 0 saturated carbocycles. The molecule has 0 bridgehead atoms. The molecule has 0 unspecified atom stereocenters. The van der Waals surface area contributed by atoms with Gasteiger partial charge >= 0.3 is 0 Å². The number of hydrogen-bond acceptors (Lipinski definition) is 2. The van der Waals surface area contributed by atoms with E-state index < -0.39 is 0 Å². The molecule has 0 aliphatic rings. The van der Waals surface area contributed by atoms with E-state index in [1.165, 1.54) is 6.07 Å². The van der Waals surface area contributed by atoms with E-state index in [2.05, 4.69) is 9.98 Å². The highest BCUT2D eigenvalue weighted by molar-refractivity contribution is 6.16. The molecule has 0 amide bonds. The highest BCUT2D eigenvalue weighted by Crippen LogP contribution is 2.26. The summed E-state index contributed by atoms with van der Waals surface area (Å²) in [6.45, 7) is 10.9. The number of allylic oxidation sites excluding steroid dienone is 2. The second kappa shape index (κ2) is 7.07. The third-order valence-corrected chi connectivity index (χ3v) is 2.95. The largest absolute Gasteiger partial charge is 0.287 e. The Balaban J connectivity index is 3.50. The Kier molecular flexibility index (Phi) is 5.70. The molecule has 0 fully saturated rings. The zero-order valence-electron chi connectivity index (χ0n) is 13.5. The lowest BCUT2D eigenvalue weighted by Gasteiger charge is -2.11. The number of hydrogen-bond donors (Lipinski definition) is 1. The number of benzene rings is 1. The predicted molar refractivity (Wildman–Crippen MR) is 88.9 cm³/mol. The smallest absolute Gasteiger partial charge is 0.149 e. The molecule has 0 spiro atoms. The van der Waals surface area contributed by atoms with Crippen LogP contribution in [0, 0.1) is 18.2 Å². The second-order valence-corrected chi connectivity index (χ2v) is 5.20. The Hall–Kier alpha value is -2.10. The van der Waals surface area contributed by atoms with Crippen molar-refractivity contribution in [1.29, 1.82) is 5.41 Å². The maximum atomic E-state index is 14.3. The van der Waals surface area contributed by atoms with Crippen molar-refractivity contribution in [3.63, 3.8) is 0 Å². The molecule has 21 heavy (non-hydrogen) atoms. The minimum absolute atomic E-state index is 0.191. The van der Waals surface area contributed by atoms with Crippen LogP contribution >= 0.6 is 0 Å². The molecule has 0 aliphatic heterocycles. The lowest BCUT2D eigenvalue weighted by molar-refractivity contribution is 0.628. The fraction of sp³-hybridized carbons (Fsp3) is 0.353. The fourth-order valence-electron chi connectivity index (χ4n) is 1.92. The summed E-state index contributed by atoms with van der Waals surface area (Å²) in [4.78, 5) is 8.45. The summed E-state index contributed by atoms with van der Waals surface area (Å²) in [5.74, 6) is -0.179. The van der Waals surface area contributed by atoms with E-state index in [1.54, 1.807) is 6.92 Å². The van der Waals surface area contributed by atoms with E-state index in [-0.39, 0.29) is 11.7 Å². The van der Waals surface area contributed by atoms with Crippen LogP contribution in [0.5, 0.6) is 0 Å². The normalized spacial score (nSPS) is 12.3. The van der Waals surface area contributed by atoms with Gasteiger partial charge in [-0.05, 0) is 64.8 Å². The Labute approximate surface area is 125 Å². The molecule has 1 N–H and O–H groups in total. The van der Waals surface area contributed by atoms with Crippen molar-refractivity contribution in [2.45, 2.75) is 41.5 Å². The van der Waals surface area contributed by atoms with Crippen molar-refractivity contribution in [1.82, 2.24) is 0 Å². The third kappa shape index (κ3) is 4.45. The van der Waals surface area contributed by atoms with Crippen molar-refractivity contribution in [2.24, 2.45) is 9.98 Å². The molecule has 0 atom stereocenters. The van der Waals surface area contributed by atoms with Crippen LogP contribution in [0.1, 0.15) is 45.7 Å². The number of aliphatic imine (C=N–C) groups is 2. The van der Waals surface area contributed by atoms with Crippen LogP contribution in [-0.2, 0) is 0 Å².